The molecule has 0 radical (unpaired) electrons. The highest BCUT2D eigenvalue weighted by molar-refractivity contribution is 7.47. The lowest BCUT2D eigenvalue weighted by atomic mass is 10.1. The fourth-order valence-electron chi connectivity index (χ4n) is 5.63. The van der Waals surface area contributed by atoms with Gasteiger partial charge in [0.05, 0.1) is 13.2 Å². The molecule has 0 aliphatic rings. The van der Waals surface area contributed by atoms with E-state index in [1.165, 1.54) is 0 Å². The van der Waals surface area contributed by atoms with Gasteiger partial charge in [-0.2, -0.15) is 0 Å². The van der Waals surface area contributed by atoms with E-state index in [2.05, 4.69) is 153 Å². The highest BCUT2D eigenvalue weighted by atomic mass is 31.2. The summed E-state index contributed by atoms with van der Waals surface area (Å²) in [4.78, 5) is 46.0. The molecule has 0 heterocycles. The second-order valence-corrected chi connectivity index (χ2v) is 17.0. The third-order valence-electron chi connectivity index (χ3n) is 9.34. The van der Waals surface area contributed by atoms with E-state index in [0.717, 1.165) is 103 Å². The fourth-order valence-corrected chi connectivity index (χ4v) is 6.40. The molecule has 0 rings (SSSR count). The molecule has 0 saturated carbocycles. The van der Waals surface area contributed by atoms with Crippen molar-refractivity contribution < 1.29 is 47.8 Å². The zero-order valence-corrected chi connectivity index (χ0v) is 42.0. The molecule has 12 heteroatoms. The number of nitrogens with one attached hydrogen (secondary N) is 1. The highest BCUT2D eigenvalue weighted by Gasteiger charge is 2.28. The number of rotatable bonds is 43. The number of phosphoric acid groups is 1. The molecular formula is C56H84NO10P. The molecule has 0 bridgehead atoms. The molecule has 0 fully saturated rings. The Kier molecular flexibility index (Phi) is 45.1. The SMILES string of the molecule is CC/C=C\C/C=C\C/C=C\C/C=C\C/C=C\C/C=C\C/C=C\CC(=O)NC(COP(=O)(O)OCC(O)COC(=O)CCCCCC/C=C\C/C=C\C/C=C\C/C=C\C/C=C\C/C=C\CC)C(=O)O. The maximum absolute atomic E-state index is 12.3. The normalized spacial score (nSPS) is 14.9. The number of aliphatic carboxylic acids is 1. The summed E-state index contributed by atoms with van der Waals surface area (Å²) < 4.78 is 26.8. The van der Waals surface area contributed by atoms with Crippen LogP contribution >= 0.6 is 7.82 Å². The number of ether oxygens (including phenoxy) is 1. The molecule has 0 spiro atoms. The van der Waals surface area contributed by atoms with Gasteiger partial charge in [-0.3, -0.25) is 18.6 Å². The van der Waals surface area contributed by atoms with E-state index in [1.54, 1.807) is 12.2 Å². The molecule has 378 valence electrons. The first-order valence-electron chi connectivity index (χ1n) is 24.5. The van der Waals surface area contributed by atoms with Gasteiger partial charge in [0.2, 0.25) is 5.91 Å². The monoisotopic (exact) mass is 962 g/mol. The summed E-state index contributed by atoms with van der Waals surface area (Å²) in [5, 5.41) is 21.8. The van der Waals surface area contributed by atoms with Crippen molar-refractivity contribution in [2.45, 2.75) is 154 Å². The van der Waals surface area contributed by atoms with Crippen LogP contribution in [0.2, 0.25) is 0 Å². The third kappa shape index (κ3) is 47.6. The minimum Gasteiger partial charge on any atom is -0.480 e. The number of hydrogen-bond donors (Lipinski definition) is 4. The molecule has 0 aromatic carbocycles. The Morgan fingerprint density at radius 2 is 0.838 bits per heavy atom. The van der Waals surface area contributed by atoms with Gasteiger partial charge in [-0.15, -0.1) is 0 Å². The summed E-state index contributed by atoms with van der Waals surface area (Å²) in [5.41, 5.74) is 0. The van der Waals surface area contributed by atoms with Crippen LogP contribution in [-0.4, -0.2) is 64.9 Å². The van der Waals surface area contributed by atoms with Crippen molar-refractivity contribution in [1.29, 1.82) is 0 Å². The van der Waals surface area contributed by atoms with Gasteiger partial charge >= 0.3 is 19.8 Å². The van der Waals surface area contributed by atoms with Gasteiger partial charge in [-0.25, -0.2) is 9.36 Å². The van der Waals surface area contributed by atoms with Crippen LogP contribution < -0.4 is 5.32 Å². The van der Waals surface area contributed by atoms with E-state index in [1.807, 2.05) is 12.2 Å². The number of esters is 1. The van der Waals surface area contributed by atoms with Crippen LogP contribution in [-0.2, 0) is 32.7 Å². The van der Waals surface area contributed by atoms with Crippen LogP contribution in [0.25, 0.3) is 0 Å². The molecule has 0 aromatic heterocycles. The summed E-state index contributed by atoms with van der Waals surface area (Å²) in [6.45, 7) is 2.25. The van der Waals surface area contributed by atoms with E-state index < -0.39 is 57.6 Å². The highest BCUT2D eigenvalue weighted by Crippen LogP contribution is 2.43. The number of unbranched alkanes of at least 4 members (excludes halogenated alkanes) is 4. The Morgan fingerprint density at radius 3 is 1.24 bits per heavy atom. The molecule has 0 saturated heterocycles. The predicted octanol–water partition coefficient (Wildman–Crippen LogP) is 13.7. The van der Waals surface area contributed by atoms with E-state index in [-0.39, 0.29) is 12.8 Å². The number of aliphatic hydroxyl groups is 1. The number of carboxylic acids is 1. The second kappa shape index (κ2) is 48.6. The lowest BCUT2D eigenvalue weighted by molar-refractivity contribution is -0.147. The third-order valence-corrected chi connectivity index (χ3v) is 10.3. The first-order chi connectivity index (χ1) is 33.1. The van der Waals surface area contributed by atoms with Crippen molar-refractivity contribution in [2.24, 2.45) is 0 Å². The van der Waals surface area contributed by atoms with Gasteiger partial charge in [-0.1, -0.05) is 185 Å². The molecule has 68 heavy (non-hydrogen) atoms. The second-order valence-electron chi connectivity index (χ2n) is 15.5. The first-order valence-corrected chi connectivity index (χ1v) is 26.0. The number of carbonyl (C=O) groups excluding carboxylic acids is 2. The zero-order chi connectivity index (χ0) is 49.9. The summed E-state index contributed by atoms with van der Waals surface area (Å²) >= 11 is 0. The van der Waals surface area contributed by atoms with Crippen LogP contribution in [0.4, 0.5) is 0 Å². The summed E-state index contributed by atoms with van der Waals surface area (Å²) in [5.74, 6) is -2.60. The van der Waals surface area contributed by atoms with Crippen LogP contribution in [0.1, 0.15) is 142 Å². The molecule has 4 N–H and O–H groups in total. The lowest BCUT2D eigenvalue weighted by Gasteiger charge is -2.18. The Hall–Kier alpha value is -4.90. The Morgan fingerprint density at radius 1 is 0.485 bits per heavy atom. The summed E-state index contributed by atoms with van der Waals surface area (Å²) in [6.07, 6.45) is 70.1. The molecule has 1 amide bonds. The van der Waals surface area contributed by atoms with Crippen molar-refractivity contribution >= 4 is 25.7 Å². The number of allylic oxidation sites excluding steroid dienone is 25. The number of amides is 1. The largest absolute Gasteiger partial charge is 0.480 e. The molecule has 11 nitrogen and oxygen atoms in total. The topological polar surface area (TPSA) is 169 Å². The quantitative estimate of drug-likeness (QED) is 0.0200. The van der Waals surface area contributed by atoms with Gasteiger partial charge < -0.3 is 25.2 Å². The zero-order valence-electron chi connectivity index (χ0n) is 41.1. The van der Waals surface area contributed by atoms with Crippen molar-refractivity contribution in [1.82, 2.24) is 5.32 Å². The number of carbonyl (C=O) groups is 3. The predicted molar refractivity (Wildman–Crippen MR) is 281 cm³/mol. The smallest absolute Gasteiger partial charge is 0.472 e. The molecule has 3 atom stereocenters. The lowest BCUT2D eigenvalue weighted by Crippen LogP contribution is -2.43. The van der Waals surface area contributed by atoms with Gasteiger partial charge in [0.15, 0.2) is 6.04 Å². The van der Waals surface area contributed by atoms with Gasteiger partial charge in [-0.05, 0) is 103 Å². The standard InChI is InChI=1S/C56H84NO10P/c1-3-5-7-9-11-13-15-17-19-21-23-25-26-28-30-32-34-36-38-40-42-44-46-48-55(60)65-49-52(58)50-66-68(63,64)67-51-53(56(61)62)57-54(59)47-45-43-41-39-37-35-33-31-29-27-24-22-20-18-16-14-12-10-8-6-4-2/h5-8,11-14,17-20,23-25,27-28,30-31,33-34,36-37,39,43,45,52-53,58H,3-4,9-10,15-16,21-22,26,29,32,35,38,40-42,44,46-51H2,1-2H3,(H,57,59)(H,61,62)(H,63,64)/b7-5-,8-6-,13-11-,14-12-,19-17-,20-18-,25-23-,27-24-,30-28-,33-31-,36-34-,39-37-,45-43-. The maximum Gasteiger partial charge on any atom is 0.472 e. The van der Waals surface area contributed by atoms with E-state index in [9.17, 15) is 34.1 Å². The molecular weight excluding hydrogens is 878 g/mol. The summed E-state index contributed by atoms with van der Waals surface area (Å²) in [7, 11) is -4.81. The number of aliphatic hydroxyl groups excluding tert-OH is 1. The Bertz CT molecular complexity index is 1740. The number of carboxylic acid groups (broad SMARTS) is 1. The van der Waals surface area contributed by atoms with Crippen molar-refractivity contribution in [2.75, 3.05) is 19.8 Å². The van der Waals surface area contributed by atoms with Crippen LogP contribution in [0.5, 0.6) is 0 Å². The average Bonchev–Trinajstić information content (AvgIpc) is 3.32. The van der Waals surface area contributed by atoms with Crippen molar-refractivity contribution in [3.05, 3.63) is 158 Å². The molecule has 0 aliphatic heterocycles. The number of hydrogen-bond acceptors (Lipinski definition) is 8. The summed E-state index contributed by atoms with van der Waals surface area (Å²) in [6, 6.07) is -1.62. The molecule has 0 aromatic rings. The van der Waals surface area contributed by atoms with Gasteiger partial charge in [0.25, 0.3) is 0 Å². The maximum atomic E-state index is 12.3. The minimum absolute atomic E-state index is 0.102. The van der Waals surface area contributed by atoms with Crippen molar-refractivity contribution in [3.63, 3.8) is 0 Å². The van der Waals surface area contributed by atoms with Crippen molar-refractivity contribution in [3.8, 4) is 0 Å². The number of phosphoric ester groups is 1. The van der Waals surface area contributed by atoms with E-state index >= 15 is 0 Å². The van der Waals surface area contributed by atoms with Gasteiger partial charge in [0, 0.05) is 12.8 Å². The van der Waals surface area contributed by atoms with Gasteiger partial charge in [0.1, 0.15) is 12.7 Å². The van der Waals surface area contributed by atoms with Crippen LogP contribution in [0.15, 0.2) is 158 Å². The van der Waals surface area contributed by atoms with E-state index in [0.29, 0.717) is 12.8 Å². The Balaban J connectivity index is 4.05. The minimum atomic E-state index is -4.81. The fraction of sp³-hybridized carbons (Fsp3) is 0.482. The van der Waals surface area contributed by atoms with E-state index in [4.69, 9.17) is 13.8 Å². The van der Waals surface area contributed by atoms with Crippen LogP contribution in [0, 0.1) is 0 Å². The molecule has 3 unspecified atom stereocenters. The average molecular weight is 962 g/mol. The first kappa shape index (κ1) is 63.1. The Labute approximate surface area is 409 Å². The molecule has 0 aliphatic carbocycles. The van der Waals surface area contributed by atoms with Crippen LogP contribution in [0.3, 0.4) is 0 Å².